The van der Waals surface area contributed by atoms with Gasteiger partial charge in [0.05, 0.1) is 6.07 Å². The summed E-state index contributed by atoms with van der Waals surface area (Å²) < 4.78 is 0. The summed E-state index contributed by atoms with van der Waals surface area (Å²) in [6.07, 6.45) is 2.22. The fourth-order valence-corrected chi connectivity index (χ4v) is 2.75. The van der Waals surface area contributed by atoms with Gasteiger partial charge in [0.25, 0.3) is 0 Å². The summed E-state index contributed by atoms with van der Waals surface area (Å²) >= 11 is 0. The van der Waals surface area contributed by atoms with Gasteiger partial charge in [-0.3, -0.25) is 4.90 Å². The van der Waals surface area contributed by atoms with Crippen LogP contribution in [0.1, 0.15) is 33.6 Å². The maximum absolute atomic E-state index is 9.11. The predicted octanol–water partition coefficient (Wildman–Crippen LogP) is 1.77. The first-order chi connectivity index (χ1) is 5.48. The molecule has 2 saturated heterocycles. The molecule has 1 aliphatic carbocycles. The maximum Gasteiger partial charge on any atom is 0.110 e. The van der Waals surface area contributed by atoms with Crippen LogP contribution in [0.2, 0.25) is 0 Å². The third-order valence-electron chi connectivity index (χ3n) is 3.23. The first-order valence-corrected chi connectivity index (χ1v) is 4.67. The zero-order valence-corrected chi connectivity index (χ0v) is 8.09. The van der Waals surface area contributed by atoms with Crippen molar-refractivity contribution in [3.05, 3.63) is 0 Å². The summed E-state index contributed by atoms with van der Waals surface area (Å²) in [4.78, 5) is 2.38. The predicted molar refractivity (Wildman–Crippen MR) is 47.5 cm³/mol. The molecule has 0 aromatic rings. The summed E-state index contributed by atoms with van der Waals surface area (Å²) in [6.45, 7) is 7.74. The van der Waals surface area contributed by atoms with Gasteiger partial charge in [-0.05, 0) is 39.5 Å². The Balaban J connectivity index is 2.25. The SMILES string of the molecule is CC(C)(C)N1CC2CC1(C#N)C2. The third kappa shape index (κ3) is 0.834. The fourth-order valence-electron chi connectivity index (χ4n) is 2.75. The molecule has 66 valence electrons. The van der Waals surface area contributed by atoms with E-state index in [9.17, 15) is 0 Å². The number of nitrogens with zero attached hydrogens (tertiary/aromatic N) is 2. The molecular weight excluding hydrogens is 148 g/mol. The molecule has 0 radical (unpaired) electrons. The maximum atomic E-state index is 9.11. The van der Waals surface area contributed by atoms with Crippen molar-refractivity contribution < 1.29 is 0 Å². The fraction of sp³-hybridized carbons (Fsp3) is 0.900. The Morgan fingerprint density at radius 2 is 2.00 bits per heavy atom. The molecule has 0 unspecified atom stereocenters. The zero-order valence-electron chi connectivity index (χ0n) is 8.09. The molecule has 2 heteroatoms. The molecule has 3 aliphatic rings. The van der Waals surface area contributed by atoms with Crippen molar-refractivity contribution in [2.24, 2.45) is 5.92 Å². The molecule has 2 heterocycles. The average Bonchev–Trinajstić information content (AvgIpc) is 2.35. The van der Waals surface area contributed by atoms with Crippen LogP contribution < -0.4 is 0 Å². The Hall–Kier alpha value is -0.550. The van der Waals surface area contributed by atoms with Crippen molar-refractivity contribution >= 4 is 0 Å². The van der Waals surface area contributed by atoms with Crippen molar-refractivity contribution in [1.29, 1.82) is 5.26 Å². The van der Waals surface area contributed by atoms with Gasteiger partial charge in [0, 0.05) is 12.1 Å². The number of hydrogen-bond acceptors (Lipinski definition) is 2. The topological polar surface area (TPSA) is 27.0 Å². The average molecular weight is 164 g/mol. The second-order valence-corrected chi connectivity index (χ2v) is 5.20. The quantitative estimate of drug-likeness (QED) is 0.545. The molecule has 2 nitrogen and oxygen atoms in total. The highest BCUT2D eigenvalue weighted by molar-refractivity contribution is 5.24. The standard InChI is InChI=1S/C10H16N2/c1-9(2,3)12-6-8-4-10(12,5-8)7-11/h8H,4-6H2,1-3H3. The third-order valence-corrected chi connectivity index (χ3v) is 3.23. The molecule has 2 aliphatic heterocycles. The summed E-state index contributed by atoms with van der Waals surface area (Å²) in [7, 11) is 0. The van der Waals surface area contributed by atoms with E-state index >= 15 is 0 Å². The lowest BCUT2D eigenvalue weighted by atomic mass is 9.74. The lowest BCUT2D eigenvalue weighted by molar-refractivity contribution is 0.0801. The van der Waals surface area contributed by atoms with Crippen molar-refractivity contribution in [3.8, 4) is 6.07 Å². The van der Waals surface area contributed by atoms with E-state index in [0.717, 1.165) is 25.3 Å². The van der Waals surface area contributed by atoms with E-state index in [0.29, 0.717) is 0 Å². The Bertz CT molecular complexity index is 238. The van der Waals surface area contributed by atoms with E-state index in [2.05, 4.69) is 31.7 Å². The van der Waals surface area contributed by atoms with Crippen molar-refractivity contribution in [2.45, 2.75) is 44.7 Å². The van der Waals surface area contributed by atoms with Gasteiger partial charge < -0.3 is 0 Å². The number of nitriles is 1. The smallest absolute Gasteiger partial charge is 0.110 e. The Labute approximate surface area is 74.2 Å². The van der Waals surface area contributed by atoms with Gasteiger partial charge in [0.15, 0.2) is 0 Å². The number of fused-ring (bicyclic) bond motifs is 1. The summed E-state index contributed by atoms with van der Waals surface area (Å²) in [5.74, 6) is 0.809. The first kappa shape index (κ1) is 8.07. The van der Waals surface area contributed by atoms with Crippen LogP contribution in [0.25, 0.3) is 0 Å². The molecule has 3 rings (SSSR count). The van der Waals surface area contributed by atoms with Gasteiger partial charge in [0.1, 0.15) is 5.54 Å². The molecule has 0 amide bonds. The van der Waals surface area contributed by atoms with E-state index in [1.807, 2.05) is 0 Å². The van der Waals surface area contributed by atoms with Gasteiger partial charge in [-0.15, -0.1) is 0 Å². The summed E-state index contributed by atoms with van der Waals surface area (Å²) in [6, 6.07) is 2.49. The highest BCUT2D eigenvalue weighted by Crippen LogP contribution is 2.52. The van der Waals surface area contributed by atoms with Crippen LogP contribution >= 0.6 is 0 Å². The molecule has 0 aromatic heterocycles. The largest absolute Gasteiger partial charge is 0.280 e. The minimum atomic E-state index is -0.0804. The second-order valence-electron chi connectivity index (χ2n) is 5.20. The van der Waals surface area contributed by atoms with Gasteiger partial charge in [0.2, 0.25) is 0 Å². The highest BCUT2D eigenvalue weighted by atomic mass is 15.3. The van der Waals surface area contributed by atoms with Crippen molar-refractivity contribution in [2.75, 3.05) is 6.54 Å². The van der Waals surface area contributed by atoms with Gasteiger partial charge >= 0.3 is 0 Å². The lowest BCUT2D eigenvalue weighted by Gasteiger charge is -2.42. The number of hydrogen-bond donors (Lipinski definition) is 0. The first-order valence-electron chi connectivity index (χ1n) is 4.67. The second kappa shape index (κ2) is 2.03. The zero-order chi connectivity index (χ0) is 8.98. The van der Waals surface area contributed by atoms with Gasteiger partial charge in [-0.25, -0.2) is 0 Å². The highest BCUT2D eigenvalue weighted by Gasteiger charge is 2.59. The molecule has 0 aromatic carbocycles. The molecule has 0 atom stereocenters. The molecule has 2 bridgehead atoms. The summed E-state index contributed by atoms with van der Waals surface area (Å²) in [5.41, 5.74) is 0.0872. The lowest BCUT2D eigenvalue weighted by Crippen LogP contribution is -2.52. The monoisotopic (exact) mass is 164 g/mol. The molecular formula is C10H16N2. The normalized spacial score (nSPS) is 40.7. The van der Waals surface area contributed by atoms with E-state index < -0.39 is 0 Å². The van der Waals surface area contributed by atoms with Crippen LogP contribution in [0, 0.1) is 17.2 Å². The Kier molecular flexibility index (Phi) is 1.36. The molecule has 3 fully saturated rings. The molecule has 0 N–H and O–H groups in total. The molecule has 0 spiro atoms. The summed E-state index contributed by atoms with van der Waals surface area (Å²) in [5, 5.41) is 9.11. The minimum absolute atomic E-state index is 0.0804. The van der Waals surface area contributed by atoms with Crippen LogP contribution in [0.15, 0.2) is 0 Å². The van der Waals surface area contributed by atoms with Crippen LogP contribution in [-0.4, -0.2) is 22.5 Å². The van der Waals surface area contributed by atoms with Gasteiger partial charge in [-0.2, -0.15) is 5.26 Å². The van der Waals surface area contributed by atoms with Crippen LogP contribution in [0.4, 0.5) is 0 Å². The molecule has 1 saturated carbocycles. The van der Waals surface area contributed by atoms with Crippen LogP contribution in [0.5, 0.6) is 0 Å². The van der Waals surface area contributed by atoms with E-state index in [-0.39, 0.29) is 11.1 Å². The van der Waals surface area contributed by atoms with Crippen LogP contribution in [0.3, 0.4) is 0 Å². The van der Waals surface area contributed by atoms with E-state index in [4.69, 9.17) is 5.26 Å². The van der Waals surface area contributed by atoms with E-state index in [1.165, 1.54) is 0 Å². The molecule has 12 heavy (non-hydrogen) atoms. The Morgan fingerprint density at radius 1 is 1.42 bits per heavy atom. The van der Waals surface area contributed by atoms with Crippen molar-refractivity contribution in [1.82, 2.24) is 4.90 Å². The van der Waals surface area contributed by atoms with E-state index in [1.54, 1.807) is 0 Å². The van der Waals surface area contributed by atoms with Crippen molar-refractivity contribution in [3.63, 3.8) is 0 Å². The number of rotatable bonds is 0. The minimum Gasteiger partial charge on any atom is -0.280 e. The van der Waals surface area contributed by atoms with Gasteiger partial charge in [-0.1, -0.05) is 0 Å². The Morgan fingerprint density at radius 3 is 2.33 bits per heavy atom. The van der Waals surface area contributed by atoms with Crippen LogP contribution in [-0.2, 0) is 0 Å².